The fraction of sp³-hybridized carbons (Fsp3) is 0.537. The van der Waals surface area contributed by atoms with Crippen LogP contribution in [0.3, 0.4) is 0 Å². The number of hydrogen-bond acceptors (Lipinski definition) is 12. The first-order valence-corrected chi connectivity index (χ1v) is 20.4. The molecule has 2 unspecified atom stereocenters. The number of likely N-dealkylation sites (tertiary alicyclic amines) is 1. The molecule has 16 heteroatoms. The first kappa shape index (κ1) is 43.8. The van der Waals surface area contributed by atoms with Crippen LogP contribution < -0.4 is 20.3 Å². The molecular formula is C41H52ClF2N7O5S. The number of fused-ring (bicyclic) bond motifs is 4. The van der Waals surface area contributed by atoms with E-state index in [1.165, 1.54) is 45.2 Å². The summed E-state index contributed by atoms with van der Waals surface area (Å²) in [6.45, 7) is 17.8. The van der Waals surface area contributed by atoms with Gasteiger partial charge in [0.1, 0.15) is 45.0 Å². The maximum atomic E-state index is 16.9. The molecule has 0 spiro atoms. The van der Waals surface area contributed by atoms with Gasteiger partial charge in [0, 0.05) is 35.5 Å². The number of halogens is 3. The second-order valence-electron chi connectivity index (χ2n) is 16.2. The zero-order chi connectivity index (χ0) is 42.0. The number of aromatic nitrogens is 2. The monoisotopic (exact) mass is 827 g/mol. The summed E-state index contributed by atoms with van der Waals surface area (Å²) in [5.74, 6) is -1.59. The van der Waals surface area contributed by atoms with Crippen molar-refractivity contribution in [2.75, 3.05) is 50.6 Å². The molecule has 7 rings (SSSR count). The van der Waals surface area contributed by atoms with Crippen LogP contribution in [0.15, 0.2) is 18.2 Å². The van der Waals surface area contributed by atoms with E-state index < -0.39 is 34.5 Å². The van der Waals surface area contributed by atoms with E-state index >= 15 is 8.78 Å². The van der Waals surface area contributed by atoms with E-state index in [0.29, 0.717) is 18.8 Å². The van der Waals surface area contributed by atoms with E-state index in [9.17, 15) is 14.9 Å². The molecular weight excluding hydrogens is 776 g/mol. The zero-order valence-electron chi connectivity index (χ0n) is 34.3. The number of carbonyl (C=O) groups is 2. The van der Waals surface area contributed by atoms with Gasteiger partial charge in [-0.25, -0.2) is 18.4 Å². The van der Waals surface area contributed by atoms with E-state index in [1.807, 2.05) is 45.6 Å². The number of benzene rings is 2. The highest BCUT2D eigenvalue weighted by Gasteiger charge is 2.52. The summed E-state index contributed by atoms with van der Waals surface area (Å²) in [6, 6.07) is 5.84. The third kappa shape index (κ3) is 9.52. The van der Waals surface area contributed by atoms with Crippen LogP contribution in [0.1, 0.15) is 86.6 Å². The summed E-state index contributed by atoms with van der Waals surface area (Å²) in [6.07, 6.45) is 3.27. The number of carbonyl (C=O) groups excluding carboxylic acids is 2. The molecule has 5 heterocycles. The minimum Gasteiger partial charge on any atom is -0.467 e. The smallest absolute Gasteiger partial charge is 0.412 e. The molecule has 0 saturated carbocycles. The van der Waals surface area contributed by atoms with Crippen LogP contribution in [0.4, 0.5) is 24.4 Å². The van der Waals surface area contributed by atoms with Gasteiger partial charge in [0.15, 0.2) is 5.82 Å². The number of anilines is 2. The molecule has 4 aromatic rings. The molecule has 0 aliphatic carbocycles. The number of nitrogens with one attached hydrogen (secondary N) is 2. The number of thiophene rings is 1. The number of hydrogen-bond donors (Lipinski definition) is 2. The van der Waals surface area contributed by atoms with Crippen molar-refractivity contribution in [1.29, 1.82) is 5.26 Å². The van der Waals surface area contributed by atoms with E-state index in [2.05, 4.69) is 32.5 Å². The minimum absolute atomic E-state index is 0.0142. The van der Waals surface area contributed by atoms with Crippen molar-refractivity contribution in [3.63, 3.8) is 0 Å². The van der Waals surface area contributed by atoms with Crippen LogP contribution in [0, 0.1) is 23.0 Å². The van der Waals surface area contributed by atoms with Crippen LogP contribution >= 0.6 is 22.9 Å². The Kier molecular flexibility index (Phi) is 13.2. The van der Waals surface area contributed by atoms with E-state index in [1.54, 1.807) is 20.8 Å². The molecule has 2 aromatic carbocycles. The number of rotatable bonds is 5. The Morgan fingerprint density at radius 1 is 1.09 bits per heavy atom. The molecule has 3 aliphatic heterocycles. The number of nitrogens with zero attached hydrogens (tertiary/aromatic N) is 5. The quantitative estimate of drug-likeness (QED) is 0.186. The molecule has 3 saturated heterocycles. The normalized spacial score (nSPS) is 19.3. The number of methoxy groups -OCH3 is 1. The summed E-state index contributed by atoms with van der Waals surface area (Å²) in [4.78, 5) is 39.2. The van der Waals surface area contributed by atoms with Crippen molar-refractivity contribution in [2.24, 2.45) is 0 Å². The third-order valence-electron chi connectivity index (χ3n) is 9.53. The fourth-order valence-electron chi connectivity index (χ4n) is 7.22. The van der Waals surface area contributed by atoms with Gasteiger partial charge in [-0.1, -0.05) is 31.5 Å². The molecule has 3 aliphatic rings. The second-order valence-corrected chi connectivity index (χ2v) is 17.6. The zero-order valence-corrected chi connectivity index (χ0v) is 35.9. The fourth-order valence-corrected chi connectivity index (χ4v) is 8.58. The van der Waals surface area contributed by atoms with E-state index in [0.717, 1.165) is 23.8 Å². The largest absolute Gasteiger partial charge is 0.467 e. The molecule has 2 N–H and O–H groups in total. The van der Waals surface area contributed by atoms with Gasteiger partial charge in [-0.2, -0.15) is 15.2 Å². The Balaban J connectivity index is 0.000000700. The lowest BCUT2D eigenvalue weighted by atomic mass is 9.95. The van der Waals surface area contributed by atoms with Gasteiger partial charge in [-0.3, -0.25) is 10.6 Å². The molecule has 2 bridgehead atoms. The van der Waals surface area contributed by atoms with E-state index in [4.69, 9.17) is 25.8 Å². The second kappa shape index (κ2) is 17.2. The molecule has 0 radical (unpaired) electrons. The highest BCUT2D eigenvalue weighted by atomic mass is 35.5. The Labute approximate surface area is 341 Å². The Morgan fingerprint density at radius 3 is 2.33 bits per heavy atom. The molecule has 57 heavy (non-hydrogen) atoms. The summed E-state index contributed by atoms with van der Waals surface area (Å²) in [5.41, 5.74) is -2.74. The maximum absolute atomic E-state index is 16.9. The van der Waals surface area contributed by atoms with Crippen molar-refractivity contribution < 1.29 is 32.6 Å². The Morgan fingerprint density at radius 2 is 1.75 bits per heavy atom. The SMILES string of the molecule is CC.CN1CCCC1.COc1nc(N2CC3CCC(C(=O)OC(C)(C)C)(C2)N3)c2cc(Cl)c(-c3ccc(F)c4sc(NC(=O)OC(C)(C)C)c(C#N)c34)c(F)c2n1. The molecule has 3 fully saturated rings. The van der Waals surface area contributed by atoms with Crippen LogP contribution in [0.2, 0.25) is 5.02 Å². The van der Waals surface area contributed by atoms with Crippen molar-refractivity contribution in [2.45, 2.75) is 104 Å². The average Bonchev–Trinajstić information content (AvgIpc) is 3.85. The molecule has 1 amide bonds. The van der Waals surface area contributed by atoms with Gasteiger partial charge in [-0.05, 0) is 105 Å². The highest BCUT2D eigenvalue weighted by molar-refractivity contribution is 7.23. The molecule has 308 valence electrons. The van der Waals surface area contributed by atoms with Gasteiger partial charge in [0.25, 0.3) is 0 Å². The van der Waals surface area contributed by atoms with E-state index in [-0.39, 0.29) is 72.3 Å². The molecule has 2 aromatic heterocycles. The van der Waals surface area contributed by atoms with Crippen LogP contribution in [-0.4, -0.2) is 90.0 Å². The first-order valence-electron chi connectivity index (χ1n) is 19.2. The number of piperazine rings is 1. The standard InChI is InChI=1S/C34H35ClF2N6O5S.C5H11N.C2H6/c1-32(2,3)47-29(44)34-11-10-16(42-34)14-43(15-34)27-18-12-20(35)23(24(37)25(18)39-30(40-27)46-7)17-8-9-21(36)26-22(17)19(13-38)28(49-26)41-31(45)48-33(4,5)6;1-6-4-2-3-5-6;1-2/h8-9,12,16,42H,10-11,14-15H2,1-7H3,(H,41,45);2-5H2,1H3;1-2H3. The van der Waals surface area contributed by atoms with Crippen LogP contribution in [-0.2, 0) is 14.3 Å². The lowest BCUT2D eigenvalue weighted by Gasteiger charge is -2.41. The predicted octanol–water partition coefficient (Wildman–Crippen LogP) is 9.06. The van der Waals surface area contributed by atoms with Crippen molar-refractivity contribution in [1.82, 2.24) is 20.2 Å². The average molecular weight is 828 g/mol. The summed E-state index contributed by atoms with van der Waals surface area (Å²) in [7, 11) is 3.53. The van der Waals surface area contributed by atoms with Gasteiger partial charge in [-0.15, -0.1) is 11.3 Å². The number of amides is 1. The minimum atomic E-state index is -1.000. The van der Waals surface area contributed by atoms with Crippen molar-refractivity contribution in [3.05, 3.63) is 40.4 Å². The molecule has 12 nitrogen and oxygen atoms in total. The van der Waals surface area contributed by atoms with Crippen molar-refractivity contribution in [3.8, 4) is 23.2 Å². The lowest BCUT2D eigenvalue weighted by Crippen LogP contribution is -2.64. The number of esters is 1. The Hall–Kier alpha value is -4.36. The highest BCUT2D eigenvalue weighted by Crippen LogP contribution is 2.47. The Bertz CT molecular complexity index is 2190. The number of ether oxygens (including phenoxy) is 3. The first-order chi connectivity index (χ1) is 26.8. The van der Waals surface area contributed by atoms with Crippen LogP contribution in [0.25, 0.3) is 32.1 Å². The summed E-state index contributed by atoms with van der Waals surface area (Å²) < 4.78 is 48.6. The van der Waals surface area contributed by atoms with Gasteiger partial charge >= 0.3 is 18.1 Å². The van der Waals surface area contributed by atoms with Crippen molar-refractivity contribution >= 4 is 66.8 Å². The number of nitriles is 1. The third-order valence-corrected chi connectivity index (χ3v) is 10.9. The van der Waals surface area contributed by atoms with Crippen LogP contribution in [0.5, 0.6) is 6.01 Å². The maximum Gasteiger partial charge on any atom is 0.412 e. The predicted molar refractivity (Wildman–Crippen MR) is 221 cm³/mol. The van der Waals surface area contributed by atoms with Gasteiger partial charge in [0.2, 0.25) is 0 Å². The summed E-state index contributed by atoms with van der Waals surface area (Å²) in [5, 5.41) is 16.5. The van der Waals surface area contributed by atoms with Gasteiger partial charge < -0.3 is 24.0 Å². The molecule has 2 atom stereocenters. The summed E-state index contributed by atoms with van der Waals surface area (Å²) >= 11 is 7.67. The topological polar surface area (TPSA) is 142 Å². The van der Waals surface area contributed by atoms with Gasteiger partial charge in [0.05, 0.1) is 22.4 Å². The lowest BCUT2D eigenvalue weighted by molar-refractivity contribution is -0.162.